The van der Waals surface area contributed by atoms with Crippen molar-refractivity contribution >= 4 is 29.2 Å². The number of piperidine rings is 1. The van der Waals surface area contributed by atoms with E-state index in [-0.39, 0.29) is 11.3 Å². The van der Waals surface area contributed by atoms with E-state index in [1.54, 1.807) is 12.1 Å². The molecule has 2 fully saturated rings. The summed E-state index contributed by atoms with van der Waals surface area (Å²) in [6.07, 6.45) is 1.14. The fourth-order valence-corrected chi connectivity index (χ4v) is 4.61. The molecule has 0 radical (unpaired) electrons. The first-order chi connectivity index (χ1) is 15.2. The summed E-state index contributed by atoms with van der Waals surface area (Å²) >= 11 is 0. The Labute approximate surface area is 182 Å². The second kappa shape index (κ2) is 8.13. The summed E-state index contributed by atoms with van der Waals surface area (Å²) in [5.74, 6) is -3.87. The molecule has 2 aromatic rings. The molecular weight excluding hydrogens is 420 g/mol. The number of phenols is 1. The first kappa shape index (κ1) is 21.6. The first-order valence-electron chi connectivity index (χ1n) is 10.1. The van der Waals surface area contributed by atoms with Gasteiger partial charge in [-0.1, -0.05) is 0 Å². The zero-order valence-electron chi connectivity index (χ0n) is 16.9. The molecule has 1 heterocycles. The van der Waals surface area contributed by atoms with Gasteiger partial charge >= 0.3 is 11.9 Å². The molecular formula is C22H22N2O8. The van der Waals surface area contributed by atoms with E-state index < -0.39 is 46.6 Å². The van der Waals surface area contributed by atoms with Gasteiger partial charge in [-0.15, -0.1) is 0 Å². The lowest BCUT2D eigenvalue weighted by atomic mass is 10.0. The van der Waals surface area contributed by atoms with Crippen molar-refractivity contribution in [2.75, 3.05) is 16.8 Å². The maximum Gasteiger partial charge on any atom is 0.337 e. The first-order valence-corrected chi connectivity index (χ1v) is 10.1. The highest BCUT2D eigenvalue weighted by molar-refractivity contribution is 6.13. The maximum atomic E-state index is 12.9. The normalized spacial score (nSPS) is 19.4. The molecule has 10 nitrogen and oxygen atoms in total. The largest absolute Gasteiger partial charge is 0.507 e. The number of anilines is 2. The van der Waals surface area contributed by atoms with Crippen molar-refractivity contribution in [3.05, 3.63) is 52.6 Å². The number of rotatable bonds is 6. The van der Waals surface area contributed by atoms with Gasteiger partial charge in [0.1, 0.15) is 5.75 Å². The van der Waals surface area contributed by atoms with E-state index in [1.807, 2.05) is 0 Å². The third kappa shape index (κ3) is 3.85. The Kier molecular flexibility index (Phi) is 5.49. The van der Waals surface area contributed by atoms with E-state index in [0.717, 1.165) is 43.6 Å². The molecule has 2 aromatic carbocycles. The van der Waals surface area contributed by atoms with Gasteiger partial charge in [-0.3, -0.25) is 4.79 Å². The molecule has 1 amide bonds. The van der Waals surface area contributed by atoms with Gasteiger partial charge in [0, 0.05) is 23.8 Å². The number of phenolic OH excluding ortho intramolecular Hbond substituents is 1. The zero-order chi connectivity index (χ0) is 23.2. The summed E-state index contributed by atoms with van der Waals surface area (Å²) in [7, 11) is 0. The fourth-order valence-electron chi connectivity index (χ4n) is 4.61. The van der Waals surface area contributed by atoms with Crippen LogP contribution in [0.1, 0.15) is 62.2 Å². The third-order valence-electron chi connectivity index (χ3n) is 6.14. The molecule has 32 heavy (non-hydrogen) atoms. The lowest BCUT2D eigenvalue weighted by Gasteiger charge is -2.29. The summed E-state index contributed by atoms with van der Waals surface area (Å²) in [5.41, 5.74) is -0.925. The van der Waals surface area contributed by atoms with Crippen molar-refractivity contribution < 1.29 is 39.9 Å². The SMILES string of the molecule is O=C(O)c1ccc(N2CC3CCC2C3)cc1NC(=O)c1cc(C(O)O)c(O)cc1C(=O)O. The molecule has 1 aliphatic carbocycles. The monoisotopic (exact) mass is 442 g/mol. The minimum absolute atomic E-state index is 0.0155. The summed E-state index contributed by atoms with van der Waals surface area (Å²) in [5, 5.41) is 50.0. The molecule has 4 rings (SSSR count). The predicted molar refractivity (Wildman–Crippen MR) is 112 cm³/mol. The number of aromatic carboxylic acids is 2. The molecule has 0 spiro atoms. The zero-order valence-corrected chi connectivity index (χ0v) is 16.9. The van der Waals surface area contributed by atoms with Gasteiger partial charge in [0.25, 0.3) is 5.91 Å². The number of fused-ring (bicyclic) bond motifs is 2. The molecule has 2 bridgehead atoms. The Hall–Kier alpha value is -3.63. The molecule has 1 saturated heterocycles. The van der Waals surface area contributed by atoms with E-state index in [1.165, 1.54) is 6.07 Å². The van der Waals surface area contributed by atoms with Gasteiger partial charge in [-0.25, -0.2) is 9.59 Å². The summed E-state index contributed by atoms with van der Waals surface area (Å²) < 4.78 is 0. The molecule has 0 aromatic heterocycles. The predicted octanol–water partition coefficient (Wildman–Crippen LogP) is 2.01. The third-order valence-corrected chi connectivity index (χ3v) is 6.14. The topological polar surface area (TPSA) is 168 Å². The highest BCUT2D eigenvalue weighted by atomic mass is 16.5. The van der Waals surface area contributed by atoms with Crippen LogP contribution in [-0.4, -0.2) is 56.0 Å². The number of benzene rings is 2. The molecule has 2 unspecified atom stereocenters. The molecule has 1 aliphatic heterocycles. The number of aromatic hydroxyl groups is 1. The second-order valence-corrected chi connectivity index (χ2v) is 8.11. The Bertz CT molecular complexity index is 1110. The number of amides is 1. The van der Waals surface area contributed by atoms with Crippen molar-refractivity contribution in [1.82, 2.24) is 0 Å². The highest BCUT2D eigenvalue weighted by Gasteiger charge is 2.38. The van der Waals surface area contributed by atoms with E-state index in [0.29, 0.717) is 12.0 Å². The van der Waals surface area contributed by atoms with Gasteiger partial charge in [0.05, 0.1) is 22.4 Å². The number of carbonyl (C=O) groups is 3. The lowest BCUT2D eigenvalue weighted by molar-refractivity contribution is -0.0439. The molecule has 6 N–H and O–H groups in total. The van der Waals surface area contributed by atoms with E-state index >= 15 is 0 Å². The van der Waals surface area contributed by atoms with Gasteiger partial charge in [0.2, 0.25) is 0 Å². The van der Waals surface area contributed by atoms with Crippen molar-refractivity contribution in [3.8, 4) is 5.75 Å². The van der Waals surface area contributed by atoms with Crippen LogP contribution in [-0.2, 0) is 0 Å². The average Bonchev–Trinajstić information content (AvgIpc) is 3.36. The van der Waals surface area contributed by atoms with Crippen LogP contribution in [0, 0.1) is 5.92 Å². The summed E-state index contributed by atoms with van der Waals surface area (Å²) in [6, 6.07) is 6.57. The number of carboxylic acid groups (broad SMARTS) is 2. The number of aliphatic hydroxyl groups excluding tert-OH is 1. The van der Waals surface area contributed by atoms with Crippen LogP contribution in [0.3, 0.4) is 0 Å². The maximum absolute atomic E-state index is 12.9. The van der Waals surface area contributed by atoms with Crippen LogP contribution in [0.25, 0.3) is 0 Å². The van der Waals surface area contributed by atoms with E-state index in [2.05, 4.69) is 10.2 Å². The second-order valence-electron chi connectivity index (χ2n) is 8.11. The average molecular weight is 442 g/mol. The van der Waals surface area contributed by atoms with Crippen LogP contribution in [0.4, 0.5) is 11.4 Å². The van der Waals surface area contributed by atoms with Crippen molar-refractivity contribution in [2.24, 2.45) is 5.92 Å². The Morgan fingerprint density at radius 2 is 1.69 bits per heavy atom. The van der Waals surface area contributed by atoms with Crippen LogP contribution < -0.4 is 10.2 Å². The van der Waals surface area contributed by atoms with Crippen molar-refractivity contribution in [2.45, 2.75) is 31.6 Å². The number of aliphatic hydroxyl groups is 2. The Balaban J connectivity index is 1.71. The quantitative estimate of drug-likeness (QED) is 0.367. The van der Waals surface area contributed by atoms with Crippen LogP contribution in [0.2, 0.25) is 0 Å². The number of carboxylic acids is 2. The molecule has 1 saturated carbocycles. The number of nitrogens with zero attached hydrogens (tertiary/aromatic N) is 1. The van der Waals surface area contributed by atoms with E-state index in [4.69, 9.17) is 0 Å². The molecule has 2 aliphatic rings. The van der Waals surface area contributed by atoms with Gasteiger partial charge in [-0.05, 0) is 55.5 Å². The standard InChI is InChI=1S/C22H22N2O8/c25-18-8-15(21(29)30)14(7-16(18)22(31)32)19(26)23-17-6-12(3-4-13(17)20(27)28)24-9-10-1-2-11(24)5-10/h3-4,6-8,10-11,22,25,31-32H,1-2,5,9H2,(H,23,26)(H,27,28)(H,29,30). The van der Waals surface area contributed by atoms with E-state index in [9.17, 15) is 39.9 Å². The minimum atomic E-state index is -2.15. The number of hydrogen-bond donors (Lipinski definition) is 6. The minimum Gasteiger partial charge on any atom is -0.507 e. The number of nitrogens with one attached hydrogen (secondary N) is 1. The van der Waals surface area contributed by atoms with Gasteiger partial charge in [-0.2, -0.15) is 0 Å². The molecule has 2 atom stereocenters. The molecule has 168 valence electrons. The van der Waals surface area contributed by atoms with Crippen LogP contribution in [0.15, 0.2) is 30.3 Å². The number of carbonyl (C=O) groups excluding carboxylic acids is 1. The van der Waals surface area contributed by atoms with Gasteiger partial charge in [0.15, 0.2) is 6.29 Å². The Morgan fingerprint density at radius 3 is 2.25 bits per heavy atom. The fraction of sp³-hybridized carbons (Fsp3) is 0.318. The Morgan fingerprint density at radius 1 is 0.969 bits per heavy atom. The van der Waals surface area contributed by atoms with Gasteiger partial charge < -0.3 is 35.7 Å². The summed E-state index contributed by atoms with van der Waals surface area (Å²) in [6.45, 7) is 0.851. The van der Waals surface area contributed by atoms with Crippen molar-refractivity contribution in [1.29, 1.82) is 0 Å². The lowest BCUT2D eigenvalue weighted by Crippen LogP contribution is -2.32. The van der Waals surface area contributed by atoms with Crippen molar-refractivity contribution in [3.63, 3.8) is 0 Å². The van der Waals surface area contributed by atoms with Crippen LogP contribution >= 0.6 is 0 Å². The highest BCUT2D eigenvalue weighted by Crippen LogP contribution is 2.41. The number of hydrogen-bond acceptors (Lipinski definition) is 7. The van der Waals surface area contributed by atoms with Crippen LogP contribution in [0.5, 0.6) is 5.75 Å². The smallest absolute Gasteiger partial charge is 0.337 e. The molecule has 10 heteroatoms. The summed E-state index contributed by atoms with van der Waals surface area (Å²) in [4.78, 5) is 38.4.